The van der Waals surface area contributed by atoms with Crippen molar-refractivity contribution in [2.24, 2.45) is 13.0 Å². The van der Waals surface area contributed by atoms with Crippen LogP contribution in [0.1, 0.15) is 28.9 Å². The maximum Gasteiger partial charge on any atom is 0.231 e. The van der Waals surface area contributed by atoms with Gasteiger partial charge in [-0.2, -0.15) is 0 Å². The van der Waals surface area contributed by atoms with E-state index in [2.05, 4.69) is 29.2 Å². The molecule has 6 nitrogen and oxygen atoms in total. The van der Waals surface area contributed by atoms with Gasteiger partial charge in [0.15, 0.2) is 11.5 Å². The summed E-state index contributed by atoms with van der Waals surface area (Å²) < 4.78 is 12.9. The number of nitrogens with zero attached hydrogens (tertiary/aromatic N) is 3. The summed E-state index contributed by atoms with van der Waals surface area (Å²) in [5.41, 5.74) is 3.69. The Labute approximate surface area is 176 Å². The normalized spacial score (nSPS) is 16.9. The van der Waals surface area contributed by atoms with E-state index >= 15 is 0 Å². The van der Waals surface area contributed by atoms with Gasteiger partial charge in [0.25, 0.3) is 0 Å². The summed E-state index contributed by atoms with van der Waals surface area (Å²) in [6.45, 7) is 1.24. The van der Waals surface area contributed by atoms with Crippen LogP contribution in [0.25, 0.3) is 0 Å². The number of ether oxygens (including phenoxy) is 2. The molecule has 0 bridgehead atoms. The van der Waals surface area contributed by atoms with Gasteiger partial charge >= 0.3 is 0 Å². The molecule has 2 heterocycles. The third-order valence-electron chi connectivity index (χ3n) is 6.07. The van der Waals surface area contributed by atoms with Crippen LogP contribution in [-0.4, -0.2) is 27.2 Å². The predicted octanol–water partition coefficient (Wildman–Crippen LogP) is 3.48. The van der Waals surface area contributed by atoms with Crippen molar-refractivity contribution in [3.8, 4) is 11.5 Å². The van der Waals surface area contributed by atoms with Crippen LogP contribution < -0.4 is 9.47 Å². The largest absolute Gasteiger partial charge is 0.454 e. The van der Waals surface area contributed by atoms with Crippen LogP contribution >= 0.6 is 0 Å². The number of benzene rings is 2. The highest BCUT2D eigenvalue weighted by atomic mass is 16.7. The van der Waals surface area contributed by atoms with Gasteiger partial charge in [0.1, 0.15) is 5.82 Å². The van der Waals surface area contributed by atoms with E-state index in [4.69, 9.17) is 9.47 Å². The monoisotopic (exact) mass is 403 g/mol. The molecule has 0 saturated carbocycles. The number of hydrogen-bond acceptors (Lipinski definition) is 4. The fraction of sp³-hybridized carbons (Fsp3) is 0.333. The van der Waals surface area contributed by atoms with E-state index in [1.807, 2.05) is 40.9 Å². The van der Waals surface area contributed by atoms with Crippen molar-refractivity contribution >= 4 is 5.91 Å². The standard InChI is InChI=1S/C24H25N3O3/c1-26-11-10-25-23(26)15-27(14-17-6-9-21-22(12-17)30-16-29-21)24(28)20-8-7-18-4-2-3-5-19(18)13-20/h2-6,9-12,20H,7-8,13-16H2,1H3. The van der Waals surface area contributed by atoms with E-state index in [1.165, 1.54) is 11.1 Å². The molecule has 1 amide bonds. The first-order valence-corrected chi connectivity index (χ1v) is 10.4. The second kappa shape index (κ2) is 7.86. The average Bonchev–Trinajstić information content (AvgIpc) is 3.41. The van der Waals surface area contributed by atoms with E-state index < -0.39 is 0 Å². The molecule has 1 unspecified atom stereocenters. The van der Waals surface area contributed by atoms with Gasteiger partial charge in [-0.25, -0.2) is 4.98 Å². The van der Waals surface area contributed by atoms with Gasteiger partial charge in [-0.3, -0.25) is 4.79 Å². The molecule has 5 rings (SSSR count). The highest BCUT2D eigenvalue weighted by Gasteiger charge is 2.29. The zero-order valence-electron chi connectivity index (χ0n) is 17.1. The number of aryl methyl sites for hydroxylation is 2. The average molecular weight is 403 g/mol. The van der Waals surface area contributed by atoms with E-state index in [1.54, 1.807) is 6.20 Å². The number of rotatable bonds is 5. The molecule has 1 aliphatic carbocycles. The third kappa shape index (κ3) is 3.65. The number of aromatic nitrogens is 2. The van der Waals surface area contributed by atoms with Crippen LogP contribution in [0.2, 0.25) is 0 Å². The molecule has 0 fully saturated rings. The number of fused-ring (bicyclic) bond motifs is 2. The lowest BCUT2D eigenvalue weighted by Gasteiger charge is -2.30. The molecule has 0 spiro atoms. The molecule has 154 valence electrons. The molecule has 2 aromatic carbocycles. The third-order valence-corrected chi connectivity index (χ3v) is 6.07. The van der Waals surface area contributed by atoms with Crippen molar-refractivity contribution in [3.05, 3.63) is 77.4 Å². The Morgan fingerprint density at radius 3 is 2.80 bits per heavy atom. The summed E-state index contributed by atoms with van der Waals surface area (Å²) in [5.74, 6) is 2.55. The number of imidazole rings is 1. The van der Waals surface area contributed by atoms with Gasteiger partial charge in [-0.15, -0.1) is 0 Å². The molecule has 0 radical (unpaired) electrons. The summed E-state index contributed by atoms with van der Waals surface area (Å²) in [4.78, 5) is 20.0. The van der Waals surface area contributed by atoms with Crippen molar-refractivity contribution in [2.75, 3.05) is 6.79 Å². The van der Waals surface area contributed by atoms with Crippen molar-refractivity contribution in [1.29, 1.82) is 0 Å². The molecule has 1 aromatic heterocycles. The molecule has 2 aliphatic rings. The number of amides is 1. The summed E-state index contributed by atoms with van der Waals surface area (Å²) in [6.07, 6.45) is 6.32. The topological polar surface area (TPSA) is 56.6 Å². The van der Waals surface area contributed by atoms with Crippen LogP contribution in [0.5, 0.6) is 11.5 Å². The number of hydrogen-bond donors (Lipinski definition) is 0. The van der Waals surface area contributed by atoms with Crippen molar-refractivity contribution in [1.82, 2.24) is 14.5 Å². The molecule has 30 heavy (non-hydrogen) atoms. The molecular formula is C24H25N3O3. The summed E-state index contributed by atoms with van der Waals surface area (Å²) >= 11 is 0. The SMILES string of the molecule is Cn1ccnc1CN(Cc1ccc2c(c1)OCO2)C(=O)C1CCc2ccccc2C1. The van der Waals surface area contributed by atoms with Crippen LogP contribution in [-0.2, 0) is 37.8 Å². The minimum atomic E-state index is -0.00539. The highest BCUT2D eigenvalue weighted by molar-refractivity contribution is 5.79. The first-order chi connectivity index (χ1) is 14.7. The summed E-state index contributed by atoms with van der Waals surface area (Å²) in [7, 11) is 1.96. The van der Waals surface area contributed by atoms with Crippen LogP contribution in [0.15, 0.2) is 54.9 Å². The summed E-state index contributed by atoms with van der Waals surface area (Å²) in [5, 5.41) is 0. The molecule has 1 aliphatic heterocycles. The smallest absolute Gasteiger partial charge is 0.231 e. The van der Waals surface area contributed by atoms with E-state index in [-0.39, 0.29) is 18.6 Å². The maximum absolute atomic E-state index is 13.6. The predicted molar refractivity (Wildman–Crippen MR) is 112 cm³/mol. The fourth-order valence-electron chi connectivity index (χ4n) is 4.36. The lowest BCUT2D eigenvalue weighted by molar-refractivity contribution is -0.137. The minimum absolute atomic E-state index is 0.00539. The number of carbonyl (C=O) groups is 1. The molecule has 0 saturated heterocycles. The second-order valence-electron chi connectivity index (χ2n) is 8.04. The molecule has 1 atom stereocenters. The van der Waals surface area contributed by atoms with Gasteiger partial charge in [-0.1, -0.05) is 30.3 Å². The molecule has 6 heteroatoms. The molecule has 3 aromatic rings. The van der Waals surface area contributed by atoms with E-state index in [0.29, 0.717) is 13.1 Å². The maximum atomic E-state index is 13.6. The fourth-order valence-corrected chi connectivity index (χ4v) is 4.36. The lowest BCUT2D eigenvalue weighted by Crippen LogP contribution is -2.38. The van der Waals surface area contributed by atoms with E-state index in [9.17, 15) is 4.79 Å². The van der Waals surface area contributed by atoms with Gasteiger partial charge < -0.3 is 18.9 Å². The Hall–Kier alpha value is -3.28. The van der Waals surface area contributed by atoms with Crippen LogP contribution in [0.4, 0.5) is 0 Å². The second-order valence-corrected chi connectivity index (χ2v) is 8.04. The van der Waals surface area contributed by atoms with Gasteiger partial charge in [0.05, 0.1) is 6.54 Å². The number of carbonyl (C=O) groups excluding carboxylic acids is 1. The highest BCUT2D eigenvalue weighted by Crippen LogP contribution is 2.33. The molecule has 0 N–H and O–H groups in total. The Morgan fingerprint density at radius 1 is 1.13 bits per heavy atom. The van der Waals surface area contributed by atoms with Gasteiger partial charge in [0.2, 0.25) is 12.7 Å². The quantitative estimate of drug-likeness (QED) is 0.655. The summed E-state index contributed by atoms with van der Waals surface area (Å²) in [6, 6.07) is 14.3. The van der Waals surface area contributed by atoms with Crippen LogP contribution in [0.3, 0.4) is 0 Å². The minimum Gasteiger partial charge on any atom is -0.454 e. The Morgan fingerprint density at radius 2 is 1.97 bits per heavy atom. The zero-order chi connectivity index (χ0) is 20.5. The first kappa shape index (κ1) is 18.7. The first-order valence-electron chi connectivity index (χ1n) is 10.4. The van der Waals surface area contributed by atoms with Crippen molar-refractivity contribution in [2.45, 2.75) is 32.4 Å². The Bertz CT molecular complexity index is 1080. The van der Waals surface area contributed by atoms with E-state index in [0.717, 1.165) is 42.1 Å². The van der Waals surface area contributed by atoms with Crippen molar-refractivity contribution < 1.29 is 14.3 Å². The van der Waals surface area contributed by atoms with Gasteiger partial charge in [0, 0.05) is 31.9 Å². The van der Waals surface area contributed by atoms with Crippen LogP contribution in [0, 0.1) is 5.92 Å². The Balaban J connectivity index is 1.39. The zero-order valence-corrected chi connectivity index (χ0v) is 17.1. The Kier molecular flexibility index (Phi) is 4.91. The van der Waals surface area contributed by atoms with Gasteiger partial charge in [-0.05, 0) is 48.1 Å². The lowest BCUT2D eigenvalue weighted by atomic mass is 9.83. The van der Waals surface area contributed by atoms with Crippen molar-refractivity contribution in [3.63, 3.8) is 0 Å². The molecular weight excluding hydrogens is 378 g/mol.